The fraction of sp³-hybridized carbons (Fsp3) is 0.400. The third kappa shape index (κ3) is 2.59. The Morgan fingerprint density at radius 1 is 1.17 bits per heavy atom. The molecule has 2 aromatic rings. The molecule has 2 nitrogen and oxygen atoms in total. The molecule has 0 unspecified atom stereocenters. The molecular weight excluding hydrogens is 306 g/mol. The first-order valence-electron chi connectivity index (χ1n) is 8.39. The maximum absolute atomic E-state index is 6.39. The fourth-order valence-corrected chi connectivity index (χ4v) is 4.43. The number of fused-ring (bicyclic) bond motifs is 3. The molecule has 0 saturated carbocycles. The molecule has 0 N–H and O–H groups in total. The Morgan fingerprint density at radius 2 is 2.00 bits per heavy atom. The van der Waals surface area contributed by atoms with Crippen molar-refractivity contribution in [3.05, 3.63) is 70.2 Å². The molecule has 0 radical (unpaired) electrons. The Bertz CT molecular complexity index is 702. The molecule has 2 aliphatic heterocycles. The normalized spacial score (nSPS) is 26.8. The topological polar surface area (TPSA) is 12.5 Å². The molecule has 1 saturated heterocycles. The number of ether oxygens (including phenoxy) is 1. The van der Waals surface area contributed by atoms with E-state index < -0.39 is 0 Å². The largest absolute Gasteiger partial charge is 0.368 e. The average Bonchev–Trinajstić information content (AvgIpc) is 2.95. The van der Waals surface area contributed by atoms with Crippen LogP contribution in [-0.4, -0.2) is 23.6 Å². The highest BCUT2D eigenvalue weighted by Crippen LogP contribution is 2.47. The molecule has 2 aliphatic rings. The lowest BCUT2D eigenvalue weighted by atomic mass is 9.79. The summed E-state index contributed by atoms with van der Waals surface area (Å²) in [5.74, 6) is 0.415. The molecule has 120 valence electrons. The van der Waals surface area contributed by atoms with Gasteiger partial charge in [-0.1, -0.05) is 61.0 Å². The van der Waals surface area contributed by atoms with Crippen molar-refractivity contribution < 1.29 is 4.74 Å². The van der Waals surface area contributed by atoms with Crippen LogP contribution in [0.1, 0.15) is 36.0 Å². The zero-order valence-electron chi connectivity index (χ0n) is 13.5. The quantitative estimate of drug-likeness (QED) is 0.815. The third-order valence-corrected chi connectivity index (χ3v) is 5.80. The van der Waals surface area contributed by atoms with Gasteiger partial charge in [-0.2, -0.15) is 0 Å². The summed E-state index contributed by atoms with van der Waals surface area (Å²) in [5.41, 5.74) is 3.88. The van der Waals surface area contributed by atoms with Gasteiger partial charge in [0.05, 0.1) is 12.2 Å². The SMILES string of the molecule is CC[C@]12CN(Cc3ccccc3)C[C@H]1c1cccc(Cl)c1CO2. The monoisotopic (exact) mass is 327 g/mol. The van der Waals surface area contributed by atoms with E-state index in [2.05, 4.69) is 54.3 Å². The van der Waals surface area contributed by atoms with Crippen molar-refractivity contribution in [2.24, 2.45) is 0 Å². The van der Waals surface area contributed by atoms with E-state index in [9.17, 15) is 0 Å². The average molecular weight is 328 g/mol. The molecular formula is C20H22ClNO. The molecule has 1 fully saturated rings. The molecule has 2 heterocycles. The Morgan fingerprint density at radius 3 is 2.78 bits per heavy atom. The maximum atomic E-state index is 6.39. The summed E-state index contributed by atoms with van der Waals surface area (Å²) in [7, 11) is 0. The van der Waals surface area contributed by atoms with Crippen molar-refractivity contribution in [3.8, 4) is 0 Å². The van der Waals surface area contributed by atoms with Gasteiger partial charge in [0.15, 0.2) is 0 Å². The summed E-state index contributed by atoms with van der Waals surface area (Å²) in [6.07, 6.45) is 1.04. The van der Waals surface area contributed by atoms with E-state index in [0.29, 0.717) is 12.5 Å². The Balaban J connectivity index is 1.64. The Kier molecular flexibility index (Phi) is 3.92. The highest BCUT2D eigenvalue weighted by Gasteiger charge is 2.50. The first-order valence-corrected chi connectivity index (χ1v) is 8.77. The van der Waals surface area contributed by atoms with Gasteiger partial charge in [-0.15, -0.1) is 0 Å². The predicted molar refractivity (Wildman–Crippen MR) is 93.7 cm³/mol. The number of nitrogens with zero attached hydrogens (tertiary/aromatic N) is 1. The van der Waals surface area contributed by atoms with E-state index in [0.717, 1.165) is 31.1 Å². The number of benzene rings is 2. The van der Waals surface area contributed by atoms with Gasteiger partial charge < -0.3 is 4.74 Å². The second kappa shape index (κ2) is 5.94. The van der Waals surface area contributed by atoms with Crippen LogP contribution in [0.25, 0.3) is 0 Å². The molecule has 0 aromatic heterocycles. The molecule has 0 amide bonds. The minimum Gasteiger partial charge on any atom is -0.368 e. The van der Waals surface area contributed by atoms with Gasteiger partial charge in [0.1, 0.15) is 0 Å². The van der Waals surface area contributed by atoms with Gasteiger partial charge in [-0.3, -0.25) is 4.90 Å². The molecule has 23 heavy (non-hydrogen) atoms. The van der Waals surface area contributed by atoms with Gasteiger partial charge in [0.2, 0.25) is 0 Å². The van der Waals surface area contributed by atoms with Crippen LogP contribution in [-0.2, 0) is 17.9 Å². The lowest BCUT2D eigenvalue weighted by Gasteiger charge is -2.39. The van der Waals surface area contributed by atoms with E-state index in [1.54, 1.807) is 0 Å². The van der Waals surface area contributed by atoms with Crippen LogP contribution < -0.4 is 0 Å². The Hall–Kier alpha value is -1.35. The summed E-state index contributed by atoms with van der Waals surface area (Å²) >= 11 is 6.39. The van der Waals surface area contributed by atoms with Crippen LogP contribution in [0, 0.1) is 0 Å². The van der Waals surface area contributed by atoms with E-state index in [1.807, 2.05) is 6.07 Å². The molecule has 4 rings (SSSR count). The first-order chi connectivity index (χ1) is 11.2. The molecule has 0 bridgehead atoms. The zero-order valence-corrected chi connectivity index (χ0v) is 14.2. The van der Waals surface area contributed by atoms with E-state index in [4.69, 9.17) is 16.3 Å². The summed E-state index contributed by atoms with van der Waals surface area (Å²) in [6, 6.07) is 17.0. The van der Waals surface area contributed by atoms with Crippen LogP contribution in [0.5, 0.6) is 0 Å². The second-order valence-corrected chi connectivity index (χ2v) is 7.13. The van der Waals surface area contributed by atoms with Crippen molar-refractivity contribution in [3.63, 3.8) is 0 Å². The fourth-order valence-electron chi connectivity index (χ4n) is 4.20. The number of rotatable bonds is 3. The maximum Gasteiger partial charge on any atom is 0.0891 e. The minimum atomic E-state index is -0.0630. The van der Waals surface area contributed by atoms with Crippen molar-refractivity contribution in [1.29, 1.82) is 0 Å². The summed E-state index contributed by atoms with van der Waals surface area (Å²) in [6.45, 7) is 5.90. The zero-order chi connectivity index (χ0) is 15.9. The van der Waals surface area contributed by atoms with Crippen molar-refractivity contribution in [2.45, 2.75) is 38.0 Å². The number of hydrogen-bond acceptors (Lipinski definition) is 2. The minimum absolute atomic E-state index is 0.0630. The third-order valence-electron chi connectivity index (χ3n) is 5.45. The molecule has 0 aliphatic carbocycles. The molecule has 2 atom stereocenters. The lowest BCUT2D eigenvalue weighted by molar-refractivity contribution is -0.0727. The summed E-state index contributed by atoms with van der Waals surface area (Å²) in [4.78, 5) is 2.53. The number of halogens is 1. The predicted octanol–water partition coefficient (Wildman–Crippen LogP) is 4.62. The van der Waals surface area contributed by atoms with E-state index >= 15 is 0 Å². The van der Waals surface area contributed by atoms with E-state index in [-0.39, 0.29) is 5.60 Å². The highest BCUT2D eigenvalue weighted by atomic mass is 35.5. The van der Waals surface area contributed by atoms with Gasteiger partial charge in [0.25, 0.3) is 0 Å². The van der Waals surface area contributed by atoms with Gasteiger partial charge in [-0.05, 0) is 29.2 Å². The van der Waals surface area contributed by atoms with Crippen LogP contribution in [0.15, 0.2) is 48.5 Å². The van der Waals surface area contributed by atoms with Gasteiger partial charge >= 0.3 is 0 Å². The lowest BCUT2D eigenvalue weighted by Crippen LogP contribution is -2.42. The Labute approximate surface area is 143 Å². The smallest absolute Gasteiger partial charge is 0.0891 e. The first kappa shape index (κ1) is 15.2. The van der Waals surface area contributed by atoms with Gasteiger partial charge in [0, 0.05) is 30.6 Å². The van der Waals surface area contributed by atoms with Crippen molar-refractivity contribution in [2.75, 3.05) is 13.1 Å². The van der Waals surface area contributed by atoms with Crippen LogP contribution >= 0.6 is 11.6 Å². The highest BCUT2D eigenvalue weighted by molar-refractivity contribution is 6.31. The van der Waals surface area contributed by atoms with Crippen molar-refractivity contribution in [1.82, 2.24) is 4.90 Å². The van der Waals surface area contributed by atoms with Crippen LogP contribution in [0.4, 0.5) is 0 Å². The summed E-state index contributed by atoms with van der Waals surface area (Å²) in [5, 5.41) is 0.841. The standard InChI is InChI=1S/C20H22ClNO/c1-2-20-14-22(11-15-7-4-3-5-8-15)12-18(20)16-9-6-10-19(21)17(16)13-23-20/h3-10,18H,2,11-14H2,1H3/t18-,20-/m0/s1. The molecule has 2 aromatic carbocycles. The molecule has 3 heteroatoms. The second-order valence-electron chi connectivity index (χ2n) is 6.72. The summed E-state index contributed by atoms with van der Waals surface area (Å²) < 4.78 is 6.39. The van der Waals surface area contributed by atoms with E-state index in [1.165, 1.54) is 16.7 Å². The van der Waals surface area contributed by atoms with Crippen LogP contribution in [0.3, 0.4) is 0 Å². The van der Waals surface area contributed by atoms with Crippen molar-refractivity contribution >= 4 is 11.6 Å². The number of likely N-dealkylation sites (tertiary alicyclic amines) is 1. The molecule has 0 spiro atoms. The van der Waals surface area contributed by atoms with Gasteiger partial charge in [-0.25, -0.2) is 0 Å². The number of hydrogen-bond donors (Lipinski definition) is 0. The van der Waals surface area contributed by atoms with Crippen LogP contribution in [0.2, 0.25) is 5.02 Å².